The molecule has 0 saturated carbocycles. The van der Waals surface area contributed by atoms with E-state index in [4.69, 9.17) is 12.2 Å². The number of phenolic OH excluding ortho intramolecular Hbond substituents is 1. The van der Waals surface area contributed by atoms with Crippen molar-refractivity contribution in [3.63, 3.8) is 0 Å². The molecule has 7 nitrogen and oxygen atoms in total. The number of thiocarbonyl (C=S) groups is 1. The fourth-order valence-electron chi connectivity index (χ4n) is 1.15. The van der Waals surface area contributed by atoms with Gasteiger partial charge in [-0.05, 0) is 18.3 Å². The van der Waals surface area contributed by atoms with Crippen LogP contribution in [0.4, 0.5) is 11.4 Å². The van der Waals surface area contributed by atoms with Crippen LogP contribution in [0.2, 0.25) is 0 Å². The molecule has 0 bridgehead atoms. The van der Waals surface area contributed by atoms with Gasteiger partial charge in [-0.1, -0.05) is 13.8 Å². The van der Waals surface area contributed by atoms with Gasteiger partial charge in [0.2, 0.25) is 5.91 Å². The van der Waals surface area contributed by atoms with Crippen LogP contribution >= 0.6 is 12.2 Å². The van der Waals surface area contributed by atoms with E-state index in [1.807, 2.05) is 0 Å². The van der Waals surface area contributed by atoms with Crippen molar-refractivity contribution < 1.29 is 14.8 Å². The number of nitrogens with one attached hydrogen (secondary N) is 2. The van der Waals surface area contributed by atoms with Crippen LogP contribution in [-0.2, 0) is 4.79 Å². The largest absolute Gasteiger partial charge is 0.506 e. The molecule has 0 heterocycles. The highest BCUT2D eigenvalue weighted by Gasteiger charge is 2.13. The highest BCUT2D eigenvalue weighted by atomic mass is 32.1. The number of rotatable bonds is 3. The van der Waals surface area contributed by atoms with Crippen molar-refractivity contribution >= 4 is 34.6 Å². The molecule has 102 valence electrons. The first-order chi connectivity index (χ1) is 8.81. The fraction of sp³-hybridized carbons (Fsp3) is 0.273. The van der Waals surface area contributed by atoms with Crippen molar-refractivity contribution in [1.29, 1.82) is 0 Å². The van der Waals surface area contributed by atoms with Crippen molar-refractivity contribution in [1.82, 2.24) is 5.32 Å². The molecule has 0 fully saturated rings. The number of amides is 1. The van der Waals surface area contributed by atoms with Gasteiger partial charge in [-0.2, -0.15) is 0 Å². The lowest BCUT2D eigenvalue weighted by Gasteiger charge is -2.11. The maximum absolute atomic E-state index is 11.4. The van der Waals surface area contributed by atoms with Crippen molar-refractivity contribution in [2.75, 3.05) is 5.32 Å². The molecule has 0 atom stereocenters. The Hall–Kier alpha value is -2.22. The molecule has 0 radical (unpaired) electrons. The number of hydrogen-bond donors (Lipinski definition) is 3. The van der Waals surface area contributed by atoms with Crippen LogP contribution in [0.15, 0.2) is 18.2 Å². The van der Waals surface area contributed by atoms with Gasteiger partial charge in [0, 0.05) is 18.1 Å². The molecule has 0 aromatic heterocycles. The van der Waals surface area contributed by atoms with Crippen LogP contribution < -0.4 is 10.6 Å². The average molecular weight is 283 g/mol. The standard InChI is InChI=1S/C11H13N3O4S/c1-6(2)10(16)13-11(19)12-8-5-7(14(17)18)3-4-9(8)15/h3-6,15H,1-2H3,(H2,12,13,16,19). The number of nitrogens with zero attached hydrogens (tertiary/aromatic N) is 1. The number of carbonyl (C=O) groups is 1. The maximum atomic E-state index is 11.4. The first kappa shape index (κ1) is 14.8. The van der Waals surface area contributed by atoms with Gasteiger partial charge in [0.15, 0.2) is 5.11 Å². The lowest BCUT2D eigenvalue weighted by atomic mass is 10.2. The van der Waals surface area contributed by atoms with E-state index in [2.05, 4.69) is 10.6 Å². The second-order valence-corrected chi connectivity index (χ2v) is 4.46. The Morgan fingerprint density at radius 2 is 2.11 bits per heavy atom. The quantitative estimate of drug-likeness (QED) is 0.338. The summed E-state index contributed by atoms with van der Waals surface area (Å²) in [6.07, 6.45) is 0. The molecule has 1 aromatic carbocycles. The first-order valence-electron chi connectivity index (χ1n) is 5.40. The number of benzene rings is 1. The second-order valence-electron chi connectivity index (χ2n) is 4.06. The lowest BCUT2D eigenvalue weighted by Crippen LogP contribution is -2.36. The number of aromatic hydroxyl groups is 1. The molecule has 0 aliphatic heterocycles. The van der Waals surface area contributed by atoms with E-state index in [0.717, 1.165) is 12.1 Å². The zero-order chi connectivity index (χ0) is 14.6. The zero-order valence-corrected chi connectivity index (χ0v) is 11.2. The summed E-state index contributed by atoms with van der Waals surface area (Å²) in [6.45, 7) is 3.39. The van der Waals surface area contributed by atoms with Crippen molar-refractivity contribution in [3.8, 4) is 5.75 Å². The van der Waals surface area contributed by atoms with Crippen molar-refractivity contribution in [2.45, 2.75) is 13.8 Å². The van der Waals surface area contributed by atoms with Crippen LogP contribution in [0.1, 0.15) is 13.8 Å². The van der Waals surface area contributed by atoms with E-state index in [1.165, 1.54) is 6.07 Å². The third-order valence-corrected chi connectivity index (χ3v) is 2.40. The summed E-state index contributed by atoms with van der Waals surface area (Å²) in [7, 11) is 0. The van der Waals surface area contributed by atoms with Crippen LogP contribution in [0.3, 0.4) is 0 Å². The molecule has 0 aliphatic rings. The van der Waals surface area contributed by atoms with E-state index in [1.54, 1.807) is 13.8 Å². The lowest BCUT2D eigenvalue weighted by molar-refractivity contribution is -0.384. The minimum absolute atomic E-state index is 0.0329. The van der Waals surface area contributed by atoms with Crippen LogP contribution in [0.5, 0.6) is 5.75 Å². The van der Waals surface area contributed by atoms with Gasteiger partial charge < -0.3 is 15.7 Å². The predicted molar refractivity (Wildman–Crippen MR) is 74.0 cm³/mol. The van der Waals surface area contributed by atoms with Crippen LogP contribution in [0, 0.1) is 16.0 Å². The fourth-order valence-corrected chi connectivity index (χ4v) is 1.36. The van der Waals surface area contributed by atoms with Gasteiger partial charge in [0.05, 0.1) is 10.6 Å². The molecular formula is C11H13N3O4S. The Kier molecular flexibility index (Phi) is 4.76. The number of anilines is 1. The third kappa shape index (κ3) is 4.18. The third-order valence-electron chi connectivity index (χ3n) is 2.20. The number of carbonyl (C=O) groups excluding carboxylic acids is 1. The summed E-state index contributed by atoms with van der Waals surface area (Å²) in [5.41, 5.74) is -0.137. The van der Waals surface area contributed by atoms with E-state index >= 15 is 0 Å². The van der Waals surface area contributed by atoms with Crippen LogP contribution in [0.25, 0.3) is 0 Å². The summed E-state index contributed by atoms with van der Waals surface area (Å²) >= 11 is 4.88. The summed E-state index contributed by atoms with van der Waals surface area (Å²) in [5.74, 6) is -0.743. The molecule has 1 aromatic rings. The van der Waals surface area contributed by atoms with Gasteiger partial charge in [0.25, 0.3) is 5.69 Å². The molecule has 3 N–H and O–H groups in total. The Balaban J connectivity index is 2.81. The molecule has 1 rings (SSSR count). The molecule has 0 saturated heterocycles. The minimum atomic E-state index is -0.597. The van der Waals surface area contributed by atoms with E-state index in [0.29, 0.717) is 0 Å². The molecular weight excluding hydrogens is 270 g/mol. The SMILES string of the molecule is CC(C)C(=O)NC(=S)Nc1cc([N+](=O)[O-])ccc1O. The highest BCUT2D eigenvalue weighted by Crippen LogP contribution is 2.27. The van der Waals surface area contributed by atoms with Crippen LogP contribution in [-0.4, -0.2) is 21.0 Å². The first-order valence-corrected chi connectivity index (χ1v) is 5.81. The molecule has 8 heteroatoms. The smallest absolute Gasteiger partial charge is 0.271 e. The Labute approximate surface area is 114 Å². The maximum Gasteiger partial charge on any atom is 0.271 e. The van der Waals surface area contributed by atoms with Gasteiger partial charge in [-0.3, -0.25) is 14.9 Å². The van der Waals surface area contributed by atoms with E-state index < -0.39 is 4.92 Å². The minimum Gasteiger partial charge on any atom is -0.506 e. The predicted octanol–water partition coefficient (Wildman–Crippen LogP) is 1.77. The number of phenols is 1. The molecule has 0 unspecified atom stereocenters. The van der Waals surface area contributed by atoms with E-state index in [9.17, 15) is 20.0 Å². The molecule has 0 spiro atoms. The molecule has 0 aliphatic carbocycles. The Bertz CT molecular complexity index is 531. The Morgan fingerprint density at radius 3 is 2.63 bits per heavy atom. The van der Waals surface area contributed by atoms with Gasteiger partial charge in [0.1, 0.15) is 5.75 Å². The second kappa shape index (κ2) is 6.10. The summed E-state index contributed by atoms with van der Waals surface area (Å²) < 4.78 is 0. The zero-order valence-electron chi connectivity index (χ0n) is 10.3. The summed E-state index contributed by atoms with van der Waals surface area (Å²) in [4.78, 5) is 21.4. The number of hydrogen-bond acceptors (Lipinski definition) is 5. The van der Waals surface area contributed by atoms with Gasteiger partial charge in [-0.15, -0.1) is 0 Å². The van der Waals surface area contributed by atoms with Crippen molar-refractivity contribution in [3.05, 3.63) is 28.3 Å². The summed E-state index contributed by atoms with van der Waals surface area (Å²) in [5, 5.41) is 25.1. The number of non-ortho nitro benzene ring substituents is 1. The van der Waals surface area contributed by atoms with Gasteiger partial charge in [-0.25, -0.2) is 0 Å². The molecule has 19 heavy (non-hydrogen) atoms. The monoisotopic (exact) mass is 283 g/mol. The van der Waals surface area contributed by atoms with Gasteiger partial charge >= 0.3 is 0 Å². The number of nitro benzene ring substituents is 1. The van der Waals surface area contributed by atoms with Crippen molar-refractivity contribution in [2.24, 2.45) is 5.92 Å². The van der Waals surface area contributed by atoms with E-state index in [-0.39, 0.29) is 34.1 Å². The normalized spacial score (nSPS) is 10.1. The highest BCUT2D eigenvalue weighted by molar-refractivity contribution is 7.80. The topological polar surface area (TPSA) is 104 Å². The number of nitro groups is 1. The average Bonchev–Trinajstić information content (AvgIpc) is 2.31. The summed E-state index contributed by atoms with van der Waals surface area (Å²) in [6, 6.07) is 3.47. The Morgan fingerprint density at radius 1 is 1.47 bits per heavy atom. The molecule has 1 amide bonds.